The van der Waals surface area contributed by atoms with E-state index in [9.17, 15) is 9.32 Å². The molecule has 1 aromatic carbocycles. The van der Waals surface area contributed by atoms with E-state index in [-0.39, 0.29) is 6.61 Å². The predicted octanol–water partition coefficient (Wildman–Crippen LogP) is 1.54. The second kappa shape index (κ2) is 7.92. The molecular weight excluding hydrogens is 286 g/mol. The van der Waals surface area contributed by atoms with Gasteiger partial charge >= 0.3 is 0 Å². The number of aliphatic hydroxyl groups excluding tert-OH is 1. The Labute approximate surface area is 129 Å². The molecule has 1 saturated heterocycles. The molecule has 0 aromatic heterocycles. The van der Waals surface area contributed by atoms with E-state index < -0.39 is 16.9 Å². The van der Waals surface area contributed by atoms with E-state index >= 15 is 0 Å². The SMILES string of the molecule is Cc1cccc(C)c1OCC(O)CNC1CCS(=O)CC1. The monoisotopic (exact) mass is 311 g/mol. The first kappa shape index (κ1) is 16.5. The molecule has 118 valence electrons. The normalized spacial score (nSPS) is 23.8. The van der Waals surface area contributed by atoms with Gasteiger partial charge in [-0.05, 0) is 37.8 Å². The topological polar surface area (TPSA) is 58.6 Å². The van der Waals surface area contributed by atoms with Crippen molar-refractivity contribution in [1.82, 2.24) is 5.32 Å². The van der Waals surface area contributed by atoms with E-state index in [1.54, 1.807) is 0 Å². The minimum atomic E-state index is -0.636. The Hall–Kier alpha value is -0.910. The number of aliphatic hydroxyl groups is 1. The molecule has 4 nitrogen and oxygen atoms in total. The smallest absolute Gasteiger partial charge is 0.125 e. The summed E-state index contributed by atoms with van der Waals surface area (Å²) in [6.45, 7) is 4.82. The molecule has 1 fully saturated rings. The molecule has 1 aromatic rings. The molecule has 0 spiro atoms. The molecule has 5 heteroatoms. The lowest BCUT2D eigenvalue weighted by Gasteiger charge is -2.24. The predicted molar refractivity (Wildman–Crippen MR) is 86.3 cm³/mol. The van der Waals surface area contributed by atoms with Gasteiger partial charge < -0.3 is 15.2 Å². The van der Waals surface area contributed by atoms with Crippen molar-refractivity contribution < 1.29 is 14.1 Å². The van der Waals surface area contributed by atoms with Crippen molar-refractivity contribution in [2.24, 2.45) is 0 Å². The Morgan fingerprint density at radius 3 is 2.57 bits per heavy atom. The molecule has 1 heterocycles. The number of ether oxygens (including phenoxy) is 1. The Morgan fingerprint density at radius 1 is 1.33 bits per heavy atom. The lowest BCUT2D eigenvalue weighted by Crippen LogP contribution is -2.41. The minimum absolute atomic E-state index is 0.289. The number of hydrogen-bond acceptors (Lipinski definition) is 4. The molecule has 0 radical (unpaired) electrons. The van der Waals surface area contributed by atoms with Crippen LogP contribution in [0.1, 0.15) is 24.0 Å². The fourth-order valence-corrected chi connectivity index (χ4v) is 3.86. The first-order valence-electron chi connectivity index (χ1n) is 7.51. The highest BCUT2D eigenvalue weighted by molar-refractivity contribution is 7.85. The molecule has 0 amide bonds. The maximum Gasteiger partial charge on any atom is 0.125 e. The standard InChI is InChI=1S/C16H25NO3S/c1-12-4-3-5-13(2)16(12)20-11-15(18)10-17-14-6-8-21(19)9-7-14/h3-5,14-15,17-18H,6-11H2,1-2H3. The van der Waals surface area contributed by atoms with Crippen LogP contribution in [0.4, 0.5) is 0 Å². The Kier molecular flexibility index (Phi) is 6.21. The van der Waals surface area contributed by atoms with Crippen LogP contribution in [0, 0.1) is 13.8 Å². The van der Waals surface area contributed by atoms with Crippen LogP contribution >= 0.6 is 0 Å². The van der Waals surface area contributed by atoms with Gasteiger partial charge in [0.15, 0.2) is 0 Å². The van der Waals surface area contributed by atoms with Gasteiger partial charge in [-0.2, -0.15) is 0 Å². The third kappa shape index (κ3) is 5.09. The molecule has 1 unspecified atom stereocenters. The average molecular weight is 311 g/mol. The molecule has 1 aliphatic heterocycles. The molecule has 2 rings (SSSR count). The summed E-state index contributed by atoms with van der Waals surface area (Å²) >= 11 is 0. The van der Waals surface area contributed by atoms with Gasteiger partial charge in [-0.1, -0.05) is 18.2 Å². The molecule has 21 heavy (non-hydrogen) atoms. The summed E-state index contributed by atoms with van der Waals surface area (Å²) < 4.78 is 17.0. The number of nitrogens with one attached hydrogen (secondary N) is 1. The number of hydrogen-bond donors (Lipinski definition) is 2. The molecule has 1 aliphatic rings. The van der Waals surface area contributed by atoms with Crippen LogP contribution < -0.4 is 10.1 Å². The maximum atomic E-state index is 11.3. The zero-order valence-electron chi connectivity index (χ0n) is 12.8. The van der Waals surface area contributed by atoms with E-state index in [1.807, 2.05) is 32.0 Å². The lowest BCUT2D eigenvalue weighted by atomic mass is 10.1. The molecule has 0 aliphatic carbocycles. The third-order valence-corrected chi connectivity index (χ3v) is 5.24. The second-order valence-corrected chi connectivity index (χ2v) is 7.41. The van der Waals surface area contributed by atoms with Gasteiger partial charge in [-0.15, -0.1) is 0 Å². The Morgan fingerprint density at radius 2 is 1.95 bits per heavy atom. The zero-order valence-corrected chi connectivity index (χ0v) is 13.6. The first-order chi connectivity index (χ1) is 10.1. The zero-order chi connectivity index (χ0) is 15.2. The summed E-state index contributed by atoms with van der Waals surface area (Å²) in [5, 5.41) is 13.4. The van der Waals surface area contributed by atoms with Crippen LogP contribution in [-0.4, -0.2) is 46.1 Å². The van der Waals surface area contributed by atoms with Crippen molar-refractivity contribution in [3.05, 3.63) is 29.3 Å². The highest BCUT2D eigenvalue weighted by Crippen LogP contribution is 2.22. The molecule has 0 saturated carbocycles. The van der Waals surface area contributed by atoms with E-state index in [0.29, 0.717) is 12.6 Å². The first-order valence-corrected chi connectivity index (χ1v) is 9.00. The van der Waals surface area contributed by atoms with Crippen LogP contribution in [0.5, 0.6) is 5.75 Å². The van der Waals surface area contributed by atoms with Gasteiger partial charge in [0.25, 0.3) is 0 Å². The highest BCUT2D eigenvalue weighted by atomic mass is 32.2. The van der Waals surface area contributed by atoms with Gasteiger partial charge in [0.05, 0.1) is 0 Å². The van der Waals surface area contributed by atoms with Crippen molar-refractivity contribution in [1.29, 1.82) is 0 Å². The van der Waals surface area contributed by atoms with Gasteiger partial charge in [0, 0.05) is 34.9 Å². The maximum absolute atomic E-state index is 11.3. The summed E-state index contributed by atoms with van der Waals surface area (Å²) in [4.78, 5) is 0. The Balaban J connectivity index is 1.72. The molecule has 1 atom stereocenters. The van der Waals surface area contributed by atoms with Gasteiger partial charge in [0.2, 0.25) is 0 Å². The molecule has 2 N–H and O–H groups in total. The van der Waals surface area contributed by atoms with Crippen molar-refractivity contribution in [3.63, 3.8) is 0 Å². The number of rotatable bonds is 6. The summed E-state index contributed by atoms with van der Waals surface area (Å²) in [5.41, 5.74) is 2.18. The number of aryl methyl sites for hydroxylation is 2. The molecule has 0 bridgehead atoms. The van der Waals surface area contributed by atoms with E-state index in [0.717, 1.165) is 41.2 Å². The fourth-order valence-electron chi connectivity index (χ4n) is 2.57. The minimum Gasteiger partial charge on any atom is -0.490 e. The van der Waals surface area contributed by atoms with Crippen LogP contribution in [-0.2, 0) is 10.8 Å². The van der Waals surface area contributed by atoms with Crippen LogP contribution in [0.15, 0.2) is 18.2 Å². The average Bonchev–Trinajstić information content (AvgIpc) is 2.46. The quantitative estimate of drug-likeness (QED) is 0.837. The van der Waals surface area contributed by atoms with Crippen LogP contribution in [0.3, 0.4) is 0 Å². The van der Waals surface area contributed by atoms with Crippen molar-refractivity contribution >= 4 is 10.8 Å². The van der Waals surface area contributed by atoms with E-state index in [2.05, 4.69) is 5.32 Å². The highest BCUT2D eigenvalue weighted by Gasteiger charge is 2.18. The molecular formula is C16H25NO3S. The van der Waals surface area contributed by atoms with Crippen molar-refractivity contribution in [3.8, 4) is 5.75 Å². The summed E-state index contributed by atoms with van der Waals surface area (Å²) in [7, 11) is -0.636. The largest absolute Gasteiger partial charge is 0.490 e. The number of benzene rings is 1. The van der Waals surface area contributed by atoms with Gasteiger partial charge in [-0.25, -0.2) is 0 Å². The number of para-hydroxylation sites is 1. The van der Waals surface area contributed by atoms with Crippen LogP contribution in [0.2, 0.25) is 0 Å². The van der Waals surface area contributed by atoms with Crippen molar-refractivity contribution in [2.45, 2.75) is 38.8 Å². The Bertz CT molecular complexity index is 462. The summed E-state index contributed by atoms with van der Waals surface area (Å²) in [5.74, 6) is 2.41. The third-order valence-electron chi connectivity index (χ3n) is 3.86. The second-order valence-electron chi connectivity index (χ2n) is 5.72. The summed E-state index contributed by atoms with van der Waals surface area (Å²) in [6.07, 6.45) is 1.32. The lowest BCUT2D eigenvalue weighted by molar-refractivity contribution is 0.102. The summed E-state index contributed by atoms with van der Waals surface area (Å²) in [6, 6.07) is 6.39. The van der Waals surface area contributed by atoms with E-state index in [4.69, 9.17) is 4.74 Å². The van der Waals surface area contributed by atoms with Crippen LogP contribution in [0.25, 0.3) is 0 Å². The van der Waals surface area contributed by atoms with Gasteiger partial charge in [0.1, 0.15) is 18.5 Å². The fraction of sp³-hybridized carbons (Fsp3) is 0.625. The van der Waals surface area contributed by atoms with E-state index in [1.165, 1.54) is 0 Å². The van der Waals surface area contributed by atoms with Crippen molar-refractivity contribution in [2.75, 3.05) is 24.7 Å². The van der Waals surface area contributed by atoms with Gasteiger partial charge in [-0.3, -0.25) is 4.21 Å².